The normalized spacial score (nSPS) is 11.5. The van der Waals surface area contributed by atoms with E-state index in [0.717, 1.165) is 17.8 Å². The van der Waals surface area contributed by atoms with E-state index in [9.17, 15) is 18.0 Å². The molecule has 2 aromatic heterocycles. The van der Waals surface area contributed by atoms with Crippen molar-refractivity contribution >= 4 is 61.4 Å². The lowest BCUT2D eigenvalue weighted by atomic mass is 10.2. The molecule has 2 aromatic carbocycles. The Bertz CT molecular complexity index is 1420. The number of nitrogens with zero attached hydrogens (tertiary/aromatic N) is 3. The first-order valence-electron chi connectivity index (χ1n) is 9.49. The Morgan fingerprint density at radius 1 is 1.06 bits per heavy atom. The predicted octanol–water partition coefficient (Wildman–Crippen LogP) is 2.45. The quantitative estimate of drug-likeness (QED) is 0.349. The second-order valence-corrected chi connectivity index (χ2v) is 9.54. The van der Waals surface area contributed by atoms with Gasteiger partial charge in [0, 0.05) is 35.7 Å². The van der Waals surface area contributed by atoms with E-state index in [1.165, 1.54) is 36.0 Å². The fourth-order valence-corrected chi connectivity index (χ4v) is 4.71. The Kier molecular flexibility index (Phi) is 6.06. The van der Waals surface area contributed by atoms with Crippen molar-refractivity contribution in [2.75, 3.05) is 11.1 Å². The van der Waals surface area contributed by atoms with E-state index in [4.69, 9.17) is 0 Å². The summed E-state index contributed by atoms with van der Waals surface area (Å²) in [6, 6.07) is 13.3. The summed E-state index contributed by atoms with van der Waals surface area (Å²) in [7, 11) is -3.91. The van der Waals surface area contributed by atoms with Gasteiger partial charge in [0.1, 0.15) is 5.52 Å². The first-order valence-corrected chi connectivity index (χ1v) is 12.0. The van der Waals surface area contributed by atoms with E-state index in [0.29, 0.717) is 27.8 Å². The van der Waals surface area contributed by atoms with Crippen LogP contribution in [0.2, 0.25) is 0 Å². The van der Waals surface area contributed by atoms with Gasteiger partial charge in [-0.2, -0.15) is 0 Å². The van der Waals surface area contributed by atoms with Crippen LogP contribution in [0, 0.1) is 0 Å². The Morgan fingerprint density at radius 2 is 1.81 bits per heavy atom. The molecule has 3 N–H and O–H groups in total. The molecule has 0 saturated carbocycles. The second kappa shape index (κ2) is 8.93. The van der Waals surface area contributed by atoms with Gasteiger partial charge in [-0.3, -0.25) is 9.59 Å². The number of amides is 2. The third-order valence-electron chi connectivity index (χ3n) is 4.39. The molecule has 4 rings (SSSR count). The van der Waals surface area contributed by atoms with E-state index in [1.54, 1.807) is 0 Å². The topological polar surface area (TPSA) is 147 Å². The van der Waals surface area contributed by atoms with Crippen LogP contribution in [0.5, 0.6) is 0 Å². The molecule has 2 amide bonds. The van der Waals surface area contributed by atoms with Gasteiger partial charge in [0.15, 0.2) is 5.65 Å². The largest absolute Gasteiger partial charge is 0.338 e. The molecule has 0 atom stereocenters. The fourth-order valence-electron chi connectivity index (χ4n) is 2.99. The van der Waals surface area contributed by atoms with Crippen LogP contribution in [0.15, 0.2) is 58.6 Å². The van der Waals surface area contributed by atoms with Crippen LogP contribution in [-0.4, -0.2) is 46.2 Å². The molecule has 0 spiro atoms. The number of rotatable bonds is 7. The number of aromatic nitrogens is 4. The molecule has 2 heterocycles. The Labute approximate surface area is 187 Å². The number of benzene rings is 2. The molecule has 10 nitrogen and oxygen atoms in total. The number of anilines is 1. The van der Waals surface area contributed by atoms with Crippen molar-refractivity contribution in [2.24, 2.45) is 0 Å². The van der Waals surface area contributed by atoms with Crippen molar-refractivity contribution < 1.29 is 18.0 Å². The molecule has 0 radical (unpaired) electrons. The smallest absolute Gasteiger partial charge is 0.264 e. The van der Waals surface area contributed by atoms with Crippen molar-refractivity contribution in [3.8, 4) is 0 Å². The Morgan fingerprint density at radius 3 is 2.56 bits per heavy atom. The van der Waals surface area contributed by atoms with Crippen LogP contribution in [0.3, 0.4) is 0 Å². The zero-order chi connectivity index (χ0) is 22.7. The van der Waals surface area contributed by atoms with Crippen molar-refractivity contribution in [1.82, 2.24) is 24.9 Å². The first kappa shape index (κ1) is 21.7. The summed E-state index contributed by atoms with van der Waals surface area (Å²) in [5.41, 5.74) is 2.72. The molecule has 0 fully saturated rings. The lowest BCUT2D eigenvalue weighted by Crippen LogP contribution is -2.28. The zero-order valence-corrected chi connectivity index (χ0v) is 18.5. The van der Waals surface area contributed by atoms with Gasteiger partial charge in [0.2, 0.25) is 17.0 Å². The summed E-state index contributed by atoms with van der Waals surface area (Å²) in [5, 5.41) is 12.5. The minimum absolute atomic E-state index is 0.0710. The molecule has 0 unspecified atom stereocenters. The maximum Gasteiger partial charge on any atom is 0.264 e. The lowest BCUT2D eigenvalue weighted by Gasteiger charge is -2.07. The van der Waals surface area contributed by atoms with Crippen molar-refractivity contribution in [1.29, 1.82) is 0 Å². The maximum atomic E-state index is 12.2. The van der Waals surface area contributed by atoms with E-state index >= 15 is 0 Å². The summed E-state index contributed by atoms with van der Waals surface area (Å²) in [6.07, 6.45) is 0.199. The first-order chi connectivity index (χ1) is 15.3. The Hall–Kier alpha value is -3.51. The maximum absolute atomic E-state index is 12.2. The fraction of sp³-hybridized carbons (Fsp3) is 0.150. The number of hydrogen-bond acceptors (Lipinski definition) is 8. The molecular formula is C20H18N6O4S2. The van der Waals surface area contributed by atoms with E-state index in [2.05, 4.69) is 25.5 Å². The van der Waals surface area contributed by atoms with Crippen LogP contribution in [0.4, 0.5) is 5.69 Å². The molecule has 12 heteroatoms. The zero-order valence-electron chi connectivity index (χ0n) is 16.8. The highest BCUT2D eigenvalue weighted by Gasteiger charge is 2.15. The summed E-state index contributed by atoms with van der Waals surface area (Å²) in [6.45, 7) is 1.11. The van der Waals surface area contributed by atoms with E-state index < -0.39 is 15.9 Å². The molecule has 0 aliphatic rings. The third kappa shape index (κ3) is 4.86. The van der Waals surface area contributed by atoms with Crippen molar-refractivity contribution in [2.45, 2.75) is 23.4 Å². The minimum Gasteiger partial charge on any atom is -0.338 e. The monoisotopic (exact) mass is 470 g/mol. The summed E-state index contributed by atoms with van der Waals surface area (Å²) >= 11 is 1.31. The van der Waals surface area contributed by atoms with Gasteiger partial charge in [-0.05, 0) is 30.3 Å². The van der Waals surface area contributed by atoms with Gasteiger partial charge in [-0.25, -0.2) is 18.1 Å². The second-order valence-electron chi connectivity index (χ2n) is 6.79. The number of H-pyrrole nitrogens is 1. The number of carbonyl (C=O) groups is 2. The predicted molar refractivity (Wildman–Crippen MR) is 121 cm³/mol. The standard InChI is InChI=1S/C20H18N6O4S2/c1-12(27)26-32(29,30)14-8-6-13(7-9-14)21-17(28)10-11-31-20-23-19-18(24-25-20)15-4-2-3-5-16(15)22-19/h2-9H,10-11H2,1H3,(H,21,28)(H,26,27)(H,22,23,25). The number of para-hydroxylation sites is 1. The number of hydrogen-bond donors (Lipinski definition) is 3. The molecular weight excluding hydrogens is 452 g/mol. The van der Waals surface area contributed by atoms with Crippen LogP contribution in [-0.2, 0) is 19.6 Å². The van der Waals surface area contributed by atoms with Crippen molar-refractivity contribution in [3.05, 3.63) is 48.5 Å². The summed E-state index contributed by atoms with van der Waals surface area (Å²) in [4.78, 5) is 30.8. The van der Waals surface area contributed by atoms with Crippen LogP contribution in [0.25, 0.3) is 22.1 Å². The number of carbonyl (C=O) groups excluding carboxylic acids is 2. The summed E-state index contributed by atoms with van der Waals surface area (Å²) in [5.74, 6) is -0.480. The number of fused-ring (bicyclic) bond motifs is 3. The average Bonchev–Trinajstić information content (AvgIpc) is 3.11. The van der Waals surface area contributed by atoms with Gasteiger partial charge in [0.05, 0.1) is 4.90 Å². The molecule has 32 heavy (non-hydrogen) atoms. The van der Waals surface area contributed by atoms with Gasteiger partial charge in [-0.15, -0.1) is 10.2 Å². The van der Waals surface area contributed by atoms with Gasteiger partial charge in [-0.1, -0.05) is 30.0 Å². The van der Waals surface area contributed by atoms with E-state index in [1.807, 2.05) is 29.0 Å². The lowest BCUT2D eigenvalue weighted by molar-refractivity contribution is -0.117. The number of nitrogens with one attached hydrogen (secondary N) is 3. The Balaban J connectivity index is 1.32. The molecule has 0 aliphatic carbocycles. The van der Waals surface area contributed by atoms with Crippen molar-refractivity contribution in [3.63, 3.8) is 0 Å². The van der Waals surface area contributed by atoms with Crippen LogP contribution < -0.4 is 10.0 Å². The molecule has 4 aromatic rings. The third-order valence-corrected chi connectivity index (χ3v) is 6.68. The molecule has 164 valence electrons. The highest BCUT2D eigenvalue weighted by molar-refractivity contribution is 7.99. The van der Waals surface area contributed by atoms with Crippen LogP contribution >= 0.6 is 11.8 Å². The SMILES string of the molecule is CC(=O)NS(=O)(=O)c1ccc(NC(=O)CCSc2nnc3c(n2)[nH]c2ccccc23)cc1. The molecule has 0 bridgehead atoms. The average molecular weight is 471 g/mol. The highest BCUT2D eigenvalue weighted by atomic mass is 32.2. The number of aromatic amines is 1. The highest BCUT2D eigenvalue weighted by Crippen LogP contribution is 2.23. The number of sulfonamides is 1. The van der Waals surface area contributed by atoms with Crippen LogP contribution in [0.1, 0.15) is 13.3 Å². The summed E-state index contributed by atoms with van der Waals surface area (Å²) < 4.78 is 25.8. The minimum atomic E-state index is -3.91. The van der Waals surface area contributed by atoms with E-state index in [-0.39, 0.29) is 17.2 Å². The van der Waals surface area contributed by atoms with Gasteiger partial charge in [0.25, 0.3) is 10.0 Å². The molecule has 0 aliphatic heterocycles. The number of thioether (sulfide) groups is 1. The molecule has 0 saturated heterocycles. The van der Waals surface area contributed by atoms with Gasteiger partial charge < -0.3 is 10.3 Å². The van der Waals surface area contributed by atoms with Gasteiger partial charge >= 0.3 is 0 Å².